The summed E-state index contributed by atoms with van der Waals surface area (Å²) in [6.07, 6.45) is 2.18. The highest BCUT2D eigenvalue weighted by Crippen LogP contribution is 2.25. The average molecular weight is 289 g/mol. The van der Waals surface area contributed by atoms with Crippen LogP contribution in [0.15, 0.2) is 24.5 Å². The van der Waals surface area contributed by atoms with Crippen molar-refractivity contribution in [3.05, 3.63) is 47.0 Å². The number of hydrogen-bond acceptors (Lipinski definition) is 5. The van der Waals surface area contributed by atoms with Gasteiger partial charge in [-0.3, -0.25) is 0 Å². The van der Waals surface area contributed by atoms with Crippen molar-refractivity contribution in [2.45, 2.75) is 33.2 Å². The summed E-state index contributed by atoms with van der Waals surface area (Å²) in [6, 6.07) is 5.15. The number of rotatable bonds is 5. The topological polar surface area (TPSA) is 75.9 Å². The third-order valence-electron chi connectivity index (χ3n) is 3.48. The van der Waals surface area contributed by atoms with Gasteiger partial charge >= 0.3 is 0 Å². The van der Waals surface area contributed by atoms with Gasteiger partial charge in [0, 0.05) is 5.56 Å². The number of nitrogens with one attached hydrogen (secondary N) is 2. The highest BCUT2D eigenvalue weighted by Gasteiger charge is 2.13. The van der Waals surface area contributed by atoms with Crippen molar-refractivity contribution < 1.29 is 4.39 Å². The lowest BCUT2D eigenvalue weighted by atomic mass is 10.1. The number of halogens is 1. The molecule has 0 aliphatic carbocycles. The van der Waals surface area contributed by atoms with Gasteiger partial charge in [-0.15, -0.1) is 0 Å². The zero-order valence-electron chi connectivity index (χ0n) is 12.4. The molecule has 0 aliphatic heterocycles. The van der Waals surface area contributed by atoms with E-state index in [-0.39, 0.29) is 11.9 Å². The van der Waals surface area contributed by atoms with Gasteiger partial charge in [0.1, 0.15) is 23.8 Å². The van der Waals surface area contributed by atoms with Crippen LogP contribution in [0.1, 0.15) is 36.6 Å². The van der Waals surface area contributed by atoms with Crippen LogP contribution in [0.2, 0.25) is 0 Å². The Morgan fingerprint density at radius 3 is 2.62 bits per heavy atom. The Labute approximate surface area is 123 Å². The van der Waals surface area contributed by atoms with E-state index < -0.39 is 0 Å². The summed E-state index contributed by atoms with van der Waals surface area (Å²) >= 11 is 0. The highest BCUT2D eigenvalue weighted by molar-refractivity contribution is 5.57. The average Bonchev–Trinajstić information content (AvgIpc) is 2.49. The number of aromatic nitrogens is 2. The number of anilines is 2. The maximum absolute atomic E-state index is 13.7. The van der Waals surface area contributed by atoms with E-state index >= 15 is 0 Å². The van der Waals surface area contributed by atoms with Gasteiger partial charge in [0.25, 0.3) is 0 Å². The number of nitrogen functional groups attached to an aromatic ring is 1. The van der Waals surface area contributed by atoms with E-state index in [0.29, 0.717) is 17.2 Å². The van der Waals surface area contributed by atoms with E-state index in [1.807, 2.05) is 19.9 Å². The van der Waals surface area contributed by atoms with E-state index in [1.54, 1.807) is 19.1 Å². The van der Waals surface area contributed by atoms with Gasteiger partial charge < -0.3 is 10.7 Å². The Bertz CT molecular complexity index is 629. The number of hydrogen-bond donors (Lipinski definition) is 3. The number of nitrogens with two attached hydrogens (primary N) is 1. The van der Waals surface area contributed by atoms with Crippen molar-refractivity contribution in [2.24, 2.45) is 5.84 Å². The van der Waals surface area contributed by atoms with Crippen LogP contribution in [0.25, 0.3) is 0 Å². The number of aryl methyl sites for hydroxylation is 1. The van der Waals surface area contributed by atoms with Gasteiger partial charge in [-0.1, -0.05) is 19.1 Å². The van der Waals surface area contributed by atoms with Gasteiger partial charge in [0.2, 0.25) is 0 Å². The molecule has 1 unspecified atom stereocenters. The molecule has 1 atom stereocenters. The molecule has 1 heterocycles. The van der Waals surface area contributed by atoms with E-state index in [9.17, 15) is 4.39 Å². The maximum Gasteiger partial charge on any atom is 0.148 e. The molecule has 112 valence electrons. The summed E-state index contributed by atoms with van der Waals surface area (Å²) < 4.78 is 13.7. The molecule has 0 radical (unpaired) electrons. The Hall–Kier alpha value is -2.21. The van der Waals surface area contributed by atoms with Crippen molar-refractivity contribution >= 4 is 11.6 Å². The molecule has 1 aromatic heterocycles. The first-order valence-electron chi connectivity index (χ1n) is 6.89. The molecule has 0 saturated carbocycles. The zero-order chi connectivity index (χ0) is 15.4. The van der Waals surface area contributed by atoms with Crippen molar-refractivity contribution in [3.63, 3.8) is 0 Å². The molecule has 4 N–H and O–H groups in total. The van der Waals surface area contributed by atoms with Crippen molar-refractivity contribution in [3.8, 4) is 0 Å². The Balaban J connectivity index is 2.26. The smallest absolute Gasteiger partial charge is 0.148 e. The predicted molar refractivity (Wildman–Crippen MR) is 82.4 cm³/mol. The molecule has 2 aromatic rings. The van der Waals surface area contributed by atoms with Gasteiger partial charge in [0.05, 0.1) is 6.04 Å². The molecular weight excluding hydrogens is 269 g/mol. The molecule has 2 rings (SSSR count). The minimum absolute atomic E-state index is 0.0778. The normalized spacial score (nSPS) is 12.0. The van der Waals surface area contributed by atoms with Gasteiger partial charge in [0.15, 0.2) is 0 Å². The zero-order valence-corrected chi connectivity index (χ0v) is 12.4. The third kappa shape index (κ3) is 3.28. The molecule has 0 amide bonds. The molecule has 1 aromatic carbocycles. The van der Waals surface area contributed by atoms with Gasteiger partial charge in [-0.05, 0) is 37.5 Å². The summed E-state index contributed by atoms with van der Waals surface area (Å²) in [5.74, 6) is 6.55. The van der Waals surface area contributed by atoms with Crippen LogP contribution in [0.5, 0.6) is 0 Å². The van der Waals surface area contributed by atoms with E-state index in [0.717, 1.165) is 17.5 Å². The summed E-state index contributed by atoms with van der Waals surface area (Å²) in [6.45, 7) is 5.71. The summed E-state index contributed by atoms with van der Waals surface area (Å²) in [5.41, 5.74) is 4.97. The SMILES string of the molecule is CCc1c(NN)ncnc1NC(C)c1ccc(C)c(F)c1. The molecule has 0 bridgehead atoms. The molecule has 0 saturated heterocycles. The van der Waals surface area contributed by atoms with E-state index in [2.05, 4.69) is 20.7 Å². The minimum Gasteiger partial charge on any atom is -0.363 e. The number of benzene rings is 1. The quantitative estimate of drug-likeness (QED) is 0.583. The van der Waals surface area contributed by atoms with Crippen molar-refractivity contribution in [2.75, 3.05) is 10.7 Å². The Kier molecular flexibility index (Phi) is 4.70. The van der Waals surface area contributed by atoms with Crippen LogP contribution >= 0.6 is 0 Å². The highest BCUT2D eigenvalue weighted by atomic mass is 19.1. The Morgan fingerprint density at radius 1 is 1.29 bits per heavy atom. The largest absolute Gasteiger partial charge is 0.363 e. The van der Waals surface area contributed by atoms with Gasteiger partial charge in [-0.25, -0.2) is 20.2 Å². The second-order valence-corrected chi connectivity index (χ2v) is 4.92. The standard InChI is InChI=1S/C15H20FN5/c1-4-12-14(18-8-19-15(12)21-17)20-10(3)11-6-5-9(2)13(16)7-11/h5-8,10H,4,17H2,1-3H3,(H2,18,19,20,21). The van der Waals surface area contributed by atoms with Crippen molar-refractivity contribution in [1.29, 1.82) is 0 Å². The number of nitrogens with zero attached hydrogens (tertiary/aromatic N) is 2. The van der Waals surface area contributed by atoms with Crippen molar-refractivity contribution in [1.82, 2.24) is 9.97 Å². The van der Waals surface area contributed by atoms with Crippen LogP contribution in [-0.2, 0) is 6.42 Å². The summed E-state index contributed by atoms with van der Waals surface area (Å²) in [5, 5.41) is 3.29. The van der Waals surface area contributed by atoms with Crippen LogP contribution in [-0.4, -0.2) is 9.97 Å². The predicted octanol–water partition coefficient (Wildman–Crippen LogP) is 2.95. The molecular formula is C15H20FN5. The molecule has 0 spiro atoms. The lowest BCUT2D eigenvalue weighted by Gasteiger charge is -2.18. The molecule has 0 fully saturated rings. The fraction of sp³-hybridized carbons (Fsp3) is 0.333. The maximum atomic E-state index is 13.7. The molecule has 6 heteroatoms. The number of hydrazine groups is 1. The van der Waals surface area contributed by atoms with Crippen LogP contribution in [0.4, 0.5) is 16.0 Å². The first-order valence-corrected chi connectivity index (χ1v) is 6.89. The second kappa shape index (κ2) is 6.49. The lowest BCUT2D eigenvalue weighted by molar-refractivity contribution is 0.614. The molecule has 0 aliphatic rings. The summed E-state index contributed by atoms with van der Waals surface area (Å²) in [4.78, 5) is 8.34. The van der Waals surface area contributed by atoms with Crippen LogP contribution < -0.4 is 16.6 Å². The lowest BCUT2D eigenvalue weighted by Crippen LogP contribution is -2.15. The van der Waals surface area contributed by atoms with Gasteiger partial charge in [-0.2, -0.15) is 0 Å². The summed E-state index contributed by atoms with van der Waals surface area (Å²) in [7, 11) is 0. The van der Waals surface area contributed by atoms with Crippen LogP contribution in [0, 0.1) is 12.7 Å². The molecule has 21 heavy (non-hydrogen) atoms. The third-order valence-corrected chi connectivity index (χ3v) is 3.48. The Morgan fingerprint density at radius 2 is 2.00 bits per heavy atom. The first kappa shape index (κ1) is 15.2. The van der Waals surface area contributed by atoms with E-state index in [4.69, 9.17) is 5.84 Å². The van der Waals surface area contributed by atoms with Crippen LogP contribution in [0.3, 0.4) is 0 Å². The monoisotopic (exact) mass is 289 g/mol. The fourth-order valence-corrected chi connectivity index (χ4v) is 2.16. The minimum atomic E-state index is -0.205. The first-order chi connectivity index (χ1) is 10.1. The fourth-order valence-electron chi connectivity index (χ4n) is 2.16. The van der Waals surface area contributed by atoms with E-state index in [1.165, 1.54) is 6.33 Å². The molecule has 5 nitrogen and oxygen atoms in total. The second-order valence-electron chi connectivity index (χ2n) is 4.92.